The van der Waals surface area contributed by atoms with E-state index >= 15 is 0 Å². The lowest BCUT2D eigenvalue weighted by molar-refractivity contribution is 0.405. The number of aryl methyl sites for hydroxylation is 1. The summed E-state index contributed by atoms with van der Waals surface area (Å²) >= 11 is 0. The lowest BCUT2D eigenvalue weighted by Gasteiger charge is -2.37. The van der Waals surface area contributed by atoms with Crippen molar-refractivity contribution in [2.45, 2.75) is 37.8 Å². The average molecular weight is 463 g/mol. The highest BCUT2D eigenvalue weighted by Crippen LogP contribution is 2.25. The van der Waals surface area contributed by atoms with Crippen molar-refractivity contribution in [1.29, 1.82) is 0 Å². The molecule has 9 heteroatoms. The van der Waals surface area contributed by atoms with Crippen LogP contribution in [0.15, 0.2) is 64.0 Å². The minimum Gasteiger partial charge on any atom is -0.461 e. The van der Waals surface area contributed by atoms with Crippen LogP contribution in [0.2, 0.25) is 0 Å². The highest BCUT2D eigenvalue weighted by atomic mass is 35.5. The Morgan fingerprint density at radius 2 is 1.74 bits per heavy atom. The second-order valence-electron chi connectivity index (χ2n) is 7.82. The third-order valence-electron chi connectivity index (χ3n) is 5.07. The van der Waals surface area contributed by atoms with Crippen molar-refractivity contribution in [3.05, 3.63) is 60.5 Å². The Labute approximate surface area is 189 Å². The monoisotopic (exact) mass is 462 g/mol. The summed E-state index contributed by atoms with van der Waals surface area (Å²) in [4.78, 5) is 6.80. The molecule has 0 aliphatic carbocycles. The van der Waals surface area contributed by atoms with Gasteiger partial charge in [-0.3, -0.25) is 4.72 Å². The topological polar surface area (TPSA) is 87.5 Å². The third-order valence-corrected chi connectivity index (χ3v) is 6.47. The first kappa shape index (κ1) is 23.1. The smallest absolute Gasteiger partial charge is 0.261 e. The van der Waals surface area contributed by atoms with Crippen molar-refractivity contribution < 1.29 is 12.8 Å². The SMILES string of the molecule is Cc1ccc(-c2ccc(S(=O)(=O)Nc3ccnc(N4CC(C)NC(C)C4)c3)cc2)o1.Cl. The van der Waals surface area contributed by atoms with Crippen molar-refractivity contribution in [2.75, 3.05) is 22.7 Å². The second kappa shape index (κ2) is 9.30. The number of piperazine rings is 1. The highest BCUT2D eigenvalue weighted by molar-refractivity contribution is 7.92. The zero-order valence-electron chi connectivity index (χ0n) is 17.7. The molecule has 0 saturated carbocycles. The van der Waals surface area contributed by atoms with Gasteiger partial charge in [-0.05, 0) is 63.2 Å². The van der Waals surface area contributed by atoms with Gasteiger partial charge in [-0.1, -0.05) is 0 Å². The van der Waals surface area contributed by atoms with Crippen molar-refractivity contribution in [2.24, 2.45) is 0 Å². The molecule has 2 unspecified atom stereocenters. The summed E-state index contributed by atoms with van der Waals surface area (Å²) in [5.74, 6) is 2.28. The molecule has 4 rings (SSSR count). The maximum atomic E-state index is 12.9. The Balaban J connectivity index is 0.00000272. The van der Waals surface area contributed by atoms with Crippen molar-refractivity contribution in [1.82, 2.24) is 10.3 Å². The van der Waals surface area contributed by atoms with Gasteiger partial charge in [0.25, 0.3) is 10.0 Å². The zero-order chi connectivity index (χ0) is 21.3. The Morgan fingerprint density at radius 3 is 2.35 bits per heavy atom. The number of hydrogen-bond acceptors (Lipinski definition) is 6. The molecule has 7 nitrogen and oxygen atoms in total. The summed E-state index contributed by atoms with van der Waals surface area (Å²) < 4.78 is 34.0. The quantitative estimate of drug-likeness (QED) is 0.594. The Morgan fingerprint density at radius 1 is 1.06 bits per heavy atom. The predicted octanol–water partition coefficient (Wildman–Crippen LogP) is 4.06. The minimum atomic E-state index is -3.72. The van der Waals surface area contributed by atoms with Gasteiger partial charge >= 0.3 is 0 Å². The molecule has 1 fully saturated rings. The molecule has 1 aliphatic heterocycles. The summed E-state index contributed by atoms with van der Waals surface area (Å²) in [6, 6.07) is 14.5. The summed E-state index contributed by atoms with van der Waals surface area (Å²) in [5, 5.41) is 3.48. The molecule has 1 aromatic carbocycles. The maximum Gasteiger partial charge on any atom is 0.261 e. The molecule has 2 aromatic heterocycles. The predicted molar refractivity (Wildman–Crippen MR) is 125 cm³/mol. The van der Waals surface area contributed by atoms with Gasteiger partial charge in [0.1, 0.15) is 17.3 Å². The van der Waals surface area contributed by atoms with Crippen LogP contribution in [-0.4, -0.2) is 38.6 Å². The summed E-state index contributed by atoms with van der Waals surface area (Å²) in [6.45, 7) is 7.77. The highest BCUT2D eigenvalue weighted by Gasteiger charge is 2.22. The number of rotatable bonds is 5. The molecule has 0 radical (unpaired) electrons. The third kappa shape index (κ3) is 5.39. The van der Waals surface area contributed by atoms with E-state index in [0.717, 1.165) is 30.2 Å². The molecule has 166 valence electrons. The van der Waals surface area contributed by atoms with Gasteiger partial charge in [0.2, 0.25) is 0 Å². The lowest BCUT2D eigenvalue weighted by atomic mass is 10.1. The van der Waals surface area contributed by atoms with Crippen LogP contribution in [0.1, 0.15) is 19.6 Å². The van der Waals surface area contributed by atoms with Gasteiger partial charge in [0.15, 0.2) is 0 Å². The van der Waals surface area contributed by atoms with Gasteiger partial charge in [0.05, 0.1) is 10.6 Å². The second-order valence-corrected chi connectivity index (χ2v) is 9.50. The number of nitrogens with zero attached hydrogens (tertiary/aromatic N) is 2. The van der Waals surface area contributed by atoms with Gasteiger partial charge in [0, 0.05) is 43.0 Å². The molecule has 1 aliphatic rings. The molecule has 3 heterocycles. The van der Waals surface area contributed by atoms with Crippen LogP contribution in [-0.2, 0) is 10.0 Å². The van der Waals surface area contributed by atoms with Gasteiger partial charge in [-0.25, -0.2) is 13.4 Å². The van der Waals surface area contributed by atoms with Crippen LogP contribution in [0.25, 0.3) is 11.3 Å². The zero-order valence-corrected chi connectivity index (χ0v) is 19.3. The number of furan rings is 1. The molecule has 3 aromatic rings. The molecular formula is C22H27ClN4O3S. The number of hydrogen-bond donors (Lipinski definition) is 2. The first-order valence-corrected chi connectivity index (χ1v) is 11.5. The van der Waals surface area contributed by atoms with Crippen LogP contribution in [0, 0.1) is 6.92 Å². The van der Waals surface area contributed by atoms with E-state index in [0.29, 0.717) is 23.5 Å². The lowest BCUT2D eigenvalue weighted by Crippen LogP contribution is -2.54. The van der Waals surface area contributed by atoms with E-state index in [1.165, 1.54) is 0 Å². The molecule has 0 bridgehead atoms. The number of anilines is 2. The van der Waals surface area contributed by atoms with E-state index in [2.05, 4.69) is 33.8 Å². The van der Waals surface area contributed by atoms with Crippen LogP contribution in [0.3, 0.4) is 0 Å². The molecule has 0 spiro atoms. The normalized spacial score (nSPS) is 19.0. The molecule has 2 N–H and O–H groups in total. The molecule has 0 amide bonds. The summed E-state index contributed by atoms with van der Waals surface area (Å²) in [7, 11) is -3.72. The number of aromatic nitrogens is 1. The largest absolute Gasteiger partial charge is 0.461 e. The molecule has 31 heavy (non-hydrogen) atoms. The fraction of sp³-hybridized carbons (Fsp3) is 0.318. The Hall–Kier alpha value is -2.55. The van der Waals surface area contributed by atoms with Crippen molar-refractivity contribution in [3.63, 3.8) is 0 Å². The molecule has 2 atom stereocenters. The van der Waals surface area contributed by atoms with Crippen molar-refractivity contribution in [3.8, 4) is 11.3 Å². The number of pyridine rings is 1. The fourth-order valence-electron chi connectivity index (χ4n) is 3.77. The number of nitrogens with one attached hydrogen (secondary N) is 2. The maximum absolute atomic E-state index is 12.9. The van der Waals surface area contributed by atoms with Gasteiger partial charge < -0.3 is 14.6 Å². The minimum absolute atomic E-state index is 0. The van der Waals surface area contributed by atoms with Crippen LogP contribution in [0.4, 0.5) is 11.5 Å². The van der Waals surface area contributed by atoms with Crippen molar-refractivity contribution >= 4 is 33.9 Å². The number of sulfonamides is 1. The summed E-state index contributed by atoms with van der Waals surface area (Å²) in [6.07, 6.45) is 1.63. The Bertz CT molecular complexity index is 1120. The first-order chi connectivity index (χ1) is 14.3. The van der Waals surface area contributed by atoms with E-state index in [-0.39, 0.29) is 17.3 Å². The average Bonchev–Trinajstić information content (AvgIpc) is 3.14. The van der Waals surface area contributed by atoms with E-state index in [1.807, 2.05) is 19.1 Å². The fourth-order valence-corrected chi connectivity index (χ4v) is 4.82. The van der Waals surface area contributed by atoms with E-state index < -0.39 is 10.0 Å². The van der Waals surface area contributed by atoms with E-state index in [1.54, 1.807) is 42.6 Å². The molecular weight excluding hydrogens is 436 g/mol. The van der Waals surface area contributed by atoms with Crippen LogP contribution in [0.5, 0.6) is 0 Å². The van der Waals surface area contributed by atoms with Gasteiger partial charge in [-0.2, -0.15) is 0 Å². The Kier molecular flexibility index (Phi) is 6.93. The van der Waals surface area contributed by atoms with E-state index in [9.17, 15) is 8.42 Å². The number of benzene rings is 1. The van der Waals surface area contributed by atoms with E-state index in [4.69, 9.17) is 4.42 Å². The standard InChI is InChI=1S/C22H26N4O3S.ClH/c1-15-13-26(14-16(2)24-15)22-12-19(10-11-23-22)25-30(27,28)20-7-5-18(6-8-20)21-9-4-17(3)29-21;/h4-12,15-16,24H,13-14H2,1-3H3,(H,23,25);1H. The summed E-state index contributed by atoms with van der Waals surface area (Å²) in [5.41, 5.74) is 1.32. The van der Waals surface area contributed by atoms with Crippen LogP contribution < -0.4 is 14.9 Å². The number of halogens is 1. The van der Waals surface area contributed by atoms with Crippen LogP contribution >= 0.6 is 12.4 Å². The molecule has 1 saturated heterocycles. The van der Waals surface area contributed by atoms with Gasteiger partial charge in [-0.15, -0.1) is 12.4 Å². The first-order valence-electron chi connectivity index (χ1n) is 9.97.